The molecule has 0 fully saturated rings. The van der Waals surface area contributed by atoms with E-state index in [2.05, 4.69) is 88.1 Å². The SMILES string of the molecule is CCCCCCCCCCCCCCCCCCCCC#CC1=C(c2ccc(CCCCCCCCCCCCCCC)cc2)[N+](=[N-])C(c2cccc(CCCCCCCC)c2)=C1CCCC. The van der Waals surface area contributed by atoms with Gasteiger partial charge in [0.2, 0.25) is 11.4 Å². The molecule has 1 aliphatic heterocycles. The molecule has 1 aliphatic rings. The molecular weight excluding hydrogens is 809 g/mol. The van der Waals surface area contributed by atoms with Crippen molar-refractivity contribution in [2.24, 2.45) is 0 Å². The van der Waals surface area contributed by atoms with Crippen LogP contribution in [-0.2, 0) is 12.8 Å². The van der Waals surface area contributed by atoms with Crippen molar-refractivity contribution in [1.29, 1.82) is 0 Å². The lowest BCUT2D eigenvalue weighted by Gasteiger charge is -2.11. The van der Waals surface area contributed by atoms with Crippen molar-refractivity contribution in [3.05, 3.63) is 87.5 Å². The maximum absolute atomic E-state index is 12.3. The molecule has 0 atom stereocenters. The first-order valence-electron chi connectivity index (χ1n) is 29.8. The summed E-state index contributed by atoms with van der Waals surface area (Å²) in [6.45, 7) is 9.17. The van der Waals surface area contributed by atoms with Crippen LogP contribution >= 0.6 is 0 Å². The second-order valence-electron chi connectivity index (χ2n) is 20.9. The van der Waals surface area contributed by atoms with E-state index in [1.807, 2.05) is 0 Å². The normalized spacial score (nSPS) is 12.7. The van der Waals surface area contributed by atoms with Gasteiger partial charge in [-0.15, -0.1) is 0 Å². The van der Waals surface area contributed by atoms with Crippen LogP contribution in [0, 0.1) is 11.8 Å². The Labute approximate surface area is 417 Å². The van der Waals surface area contributed by atoms with Gasteiger partial charge in [-0.1, -0.05) is 289 Å². The molecule has 0 saturated heterocycles. The molecule has 0 radical (unpaired) electrons. The Morgan fingerprint density at radius 3 is 1.18 bits per heavy atom. The summed E-state index contributed by atoms with van der Waals surface area (Å²) >= 11 is 0. The lowest BCUT2D eigenvalue weighted by atomic mass is 9.94. The van der Waals surface area contributed by atoms with Crippen LogP contribution in [-0.4, -0.2) is 4.70 Å². The maximum Gasteiger partial charge on any atom is 0.223 e. The van der Waals surface area contributed by atoms with E-state index in [0.717, 1.165) is 73.0 Å². The van der Waals surface area contributed by atoms with Crippen molar-refractivity contribution in [1.82, 2.24) is 0 Å². The first-order chi connectivity index (χ1) is 33.1. The fourth-order valence-electron chi connectivity index (χ4n) is 10.3. The third-order valence-corrected chi connectivity index (χ3v) is 14.7. The van der Waals surface area contributed by atoms with Crippen LogP contribution in [0.5, 0.6) is 0 Å². The summed E-state index contributed by atoms with van der Waals surface area (Å²) in [5, 5.41) is 0. The van der Waals surface area contributed by atoms with Gasteiger partial charge in [-0.2, -0.15) is 0 Å². The molecule has 2 aromatic rings. The van der Waals surface area contributed by atoms with Gasteiger partial charge in [-0.25, -0.2) is 4.70 Å². The highest BCUT2D eigenvalue weighted by Gasteiger charge is 2.35. The summed E-state index contributed by atoms with van der Waals surface area (Å²) in [5.41, 5.74) is 21.3. The molecule has 67 heavy (non-hydrogen) atoms. The van der Waals surface area contributed by atoms with Gasteiger partial charge in [0.15, 0.2) is 0 Å². The minimum atomic E-state index is 0.875. The molecule has 3 rings (SSSR count). The van der Waals surface area contributed by atoms with Crippen molar-refractivity contribution in [3.8, 4) is 11.8 Å². The molecule has 2 nitrogen and oxygen atoms in total. The predicted molar refractivity (Wildman–Crippen MR) is 298 cm³/mol. The molecule has 0 bridgehead atoms. The quantitative estimate of drug-likeness (QED) is 0.0360. The lowest BCUT2D eigenvalue weighted by Crippen LogP contribution is -2.03. The van der Waals surface area contributed by atoms with Gasteiger partial charge in [0.05, 0.1) is 0 Å². The van der Waals surface area contributed by atoms with Gasteiger partial charge in [0.25, 0.3) is 0 Å². The molecule has 0 aromatic heterocycles. The largest absolute Gasteiger partial charge is 0.493 e. The number of nitrogens with zero attached hydrogens (tertiary/aromatic N) is 2. The van der Waals surface area contributed by atoms with Gasteiger partial charge in [0.1, 0.15) is 5.57 Å². The highest BCUT2D eigenvalue weighted by Crippen LogP contribution is 2.42. The van der Waals surface area contributed by atoms with E-state index in [-0.39, 0.29) is 0 Å². The van der Waals surface area contributed by atoms with Crippen molar-refractivity contribution >= 4 is 11.4 Å². The molecule has 0 spiro atoms. The zero-order chi connectivity index (χ0) is 47.7. The van der Waals surface area contributed by atoms with Gasteiger partial charge >= 0.3 is 0 Å². The molecule has 1 heterocycles. The predicted octanol–water partition coefficient (Wildman–Crippen LogP) is 22.0. The summed E-state index contributed by atoms with van der Waals surface area (Å²) < 4.78 is 1.52. The second kappa shape index (κ2) is 40.9. The van der Waals surface area contributed by atoms with Crippen LogP contribution in [0.2, 0.25) is 0 Å². The van der Waals surface area contributed by atoms with Crippen molar-refractivity contribution in [2.75, 3.05) is 0 Å². The third-order valence-electron chi connectivity index (χ3n) is 14.7. The number of hydrogen-bond donors (Lipinski definition) is 0. The van der Waals surface area contributed by atoms with Gasteiger partial charge < -0.3 is 5.53 Å². The van der Waals surface area contributed by atoms with Gasteiger partial charge in [-0.3, -0.25) is 0 Å². The van der Waals surface area contributed by atoms with Crippen LogP contribution in [0.3, 0.4) is 0 Å². The standard InChI is InChI=1S/C65H106N2/c1-5-9-13-16-19-21-23-25-26-27-28-29-30-31-33-35-37-39-42-45-52-63-62(51-12-8-4)65(61-50-46-49-59(57-61)48-44-40-18-15-11-7-3)67(66)64(63)60-55-53-58(54-56-60)47-43-41-38-36-34-32-24-22-20-17-14-10-6-2/h46,49-50,53-57H,5-44,47-48,51H2,1-4H3. The third kappa shape index (κ3) is 26.6. The highest BCUT2D eigenvalue weighted by atomic mass is 15.2. The van der Waals surface area contributed by atoms with Gasteiger partial charge in [-0.05, 0) is 80.3 Å². The van der Waals surface area contributed by atoms with Gasteiger partial charge in [0, 0.05) is 23.1 Å². The van der Waals surface area contributed by atoms with Crippen molar-refractivity contribution < 1.29 is 4.70 Å². The number of hydrogen-bond acceptors (Lipinski definition) is 0. The molecule has 0 aliphatic carbocycles. The smallest absolute Gasteiger partial charge is 0.223 e. The average Bonchev–Trinajstić information content (AvgIpc) is 3.62. The summed E-state index contributed by atoms with van der Waals surface area (Å²) in [6, 6.07) is 18.2. The fourth-order valence-corrected chi connectivity index (χ4v) is 10.3. The summed E-state index contributed by atoms with van der Waals surface area (Å²) in [7, 11) is 0. The lowest BCUT2D eigenvalue weighted by molar-refractivity contribution is -0.345. The van der Waals surface area contributed by atoms with E-state index in [4.69, 9.17) is 0 Å². The minimum Gasteiger partial charge on any atom is -0.493 e. The Hall–Kier alpha value is -2.92. The number of aryl methyl sites for hydroxylation is 2. The molecule has 0 unspecified atom stereocenters. The molecule has 0 N–H and O–H groups in total. The fraction of sp³-hybridized carbons (Fsp3) is 0.723. The van der Waals surface area contributed by atoms with Crippen LogP contribution < -0.4 is 0 Å². The Balaban J connectivity index is 1.56. The minimum absolute atomic E-state index is 0.875. The van der Waals surface area contributed by atoms with Crippen LogP contribution in [0.25, 0.3) is 16.9 Å². The van der Waals surface area contributed by atoms with Crippen LogP contribution in [0.1, 0.15) is 313 Å². The van der Waals surface area contributed by atoms with E-state index < -0.39 is 0 Å². The molecule has 0 amide bonds. The summed E-state index contributed by atoms with van der Waals surface area (Å²) in [6.07, 6.45) is 57.3. The molecule has 0 saturated carbocycles. The first kappa shape index (κ1) is 58.4. The zero-order valence-corrected chi connectivity index (χ0v) is 44.9. The van der Waals surface area contributed by atoms with E-state index in [1.54, 1.807) is 0 Å². The topological polar surface area (TPSA) is 25.3 Å². The van der Waals surface area contributed by atoms with Crippen molar-refractivity contribution in [3.63, 3.8) is 0 Å². The summed E-state index contributed by atoms with van der Waals surface area (Å²) in [4.78, 5) is 0. The molecule has 2 heteroatoms. The Kier molecular flexibility index (Phi) is 35.7. The maximum atomic E-state index is 12.3. The van der Waals surface area contributed by atoms with E-state index in [9.17, 15) is 5.53 Å². The Morgan fingerprint density at radius 2 is 0.746 bits per heavy atom. The first-order valence-corrected chi connectivity index (χ1v) is 29.8. The molecule has 2 aromatic carbocycles. The van der Waals surface area contributed by atoms with E-state index in [0.29, 0.717) is 0 Å². The zero-order valence-electron chi connectivity index (χ0n) is 44.9. The Morgan fingerprint density at radius 1 is 0.358 bits per heavy atom. The number of benzene rings is 2. The second-order valence-corrected chi connectivity index (χ2v) is 20.9. The Bertz CT molecular complexity index is 1650. The van der Waals surface area contributed by atoms with Crippen LogP contribution in [0.4, 0.5) is 0 Å². The van der Waals surface area contributed by atoms with Crippen molar-refractivity contribution in [2.45, 2.75) is 304 Å². The molecule has 376 valence electrons. The number of unbranched alkanes of at least 4 members (excludes halogenated alkanes) is 36. The number of allylic oxidation sites excluding steroid dienone is 2. The monoisotopic (exact) mass is 915 g/mol. The number of rotatable bonds is 44. The van der Waals surface area contributed by atoms with E-state index in [1.165, 1.54) is 253 Å². The van der Waals surface area contributed by atoms with E-state index >= 15 is 0 Å². The average molecular weight is 916 g/mol. The van der Waals surface area contributed by atoms with Crippen LogP contribution in [0.15, 0.2) is 59.7 Å². The summed E-state index contributed by atoms with van der Waals surface area (Å²) in [5.74, 6) is 7.35. The molecular formula is C65H106N2. The highest BCUT2D eigenvalue weighted by molar-refractivity contribution is 5.85.